The molecule has 4 aromatic rings. The number of hydrogen-bond donors (Lipinski definition) is 0. The van der Waals surface area contributed by atoms with Crippen LogP contribution in [0.1, 0.15) is 5.69 Å². The number of imidazole rings is 2. The van der Waals surface area contributed by atoms with Gasteiger partial charge >= 0.3 is 0 Å². The Bertz CT molecular complexity index is 1040. The highest BCUT2D eigenvalue weighted by molar-refractivity contribution is 9.10. The Hall–Kier alpha value is -2.25. The van der Waals surface area contributed by atoms with Crippen LogP contribution < -0.4 is 0 Å². The second-order valence-electron chi connectivity index (χ2n) is 5.16. The minimum Gasteiger partial charge on any atom is -0.325 e. The molecular weight excluding hydrogens is 397 g/mol. The van der Waals surface area contributed by atoms with E-state index >= 15 is 0 Å². The van der Waals surface area contributed by atoms with E-state index in [1.807, 2.05) is 16.8 Å². The lowest BCUT2D eigenvalue weighted by Crippen LogP contribution is -2.02. The van der Waals surface area contributed by atoms with Crippen molar-refractivity contribution in [3.05, 3.63) is 70.1 Å². The molecule has 0 fully saturated rings. The number of hydrogen-bond acceptors (Lipinski definition) is 3. The Morgan fingerprint density at radius 2 is 2.08 bits per heavy atom. The van der Waals surface area contributed by atoms with Gasteiger partial charge < -0.3 is 4.57 Å². The molecule has 120 valence electrons. The van der Waals surface area contributed by atoms with E-state index in [1.54, 1.807) is 28.9 Å². The van der Waals surface area contributed by atoms with Gasteiger partial charge in [0.1, 0.15) is 21.4 Å². The van der Waals surface area contributed by atoms with E-state index in [0.717, 1.165) is 10.3 Å². The summed E-state index contributed by atoms with van der Waals surface area (Å²) in [5, 5.41) is 4.60. The lowest BCUT2D eigenvalue weighted by molar-refractivity contribution is 0.628. The largest absolute Gasteiger partial charge is 0.325 e. The van der Waals surface area contributed by atoms with Crippen LogP contribution in [0.2, 0.25) is 5.15 Å². The van der Waals surface area contributed by atoms with Crippen LogP contribution in [0.25, 0.3) is 17.0 Å². The summed E-state index contributed by atoms with van der Waals surface area (Å²) in [5.41, 5.74) is 2.18. The van der Waals surface area contributed by atoms with Crippen molar-refractivity contribution in [1.82, 2.24) is 24.1 Å². The summed E-state index contributed by atoms with van der Waals surface area (Å²) in [6, 6.07) is 9.84. The van der Waals surface area contributed by atoms with Crippen LogP contribution in [0.3, 0.4) is 0 Å². The molecule has 5 nitrogen and oxygen atoms in total. The molecule has 8 heteroatoms. The number of aromatic nitrogens is 5. The van der Waals surface area contributed by atoms with Crippen LogP contribution in [0.4, 0.5) is 4.39 Å². The van der Waals surface area contributed by atoms with Gasteiger partial charge in [0.25, 0.3) is 0 Å². The molecule has 0 N–H and O–H groups in total. The lowest BCUT2D eigenvalue weighted by atomic mass is 10.2. The molecule has 0 spiro atoms. The molecule has 3 aromatic heterocycles. The second kappa shape index (κ2) is 5.99. The first-order chi connectivity index (χ1) is 11.6. The predicted molar refractivity (Wildman–Crippen MR) is 92.4 cm³/mol. The van der Waals surface area contributed by atoms with Crippen LogP contribution >= 0.6 is 27.5 Å². The van der Waals surface area contributed by atoms with Crippen LogP contribution in [0, 0.1) is 5.82 Å². The summed E-state index contributed by atoms with van der Waals surface area (Å²) >= 11 is 9.44. The van der Waals surface area contributed by atoms with Crippen LogP contribution in [0.5, 0.6) is 0 Å². The number of fused-ring (bicyclic) bond motifs is 1. The molecule has 0 aliphatic carbocycles. The van der Waals surface area contributed by atoms with E-state index in [2.05, 4.69) is 31.0 Å². The zero-order valence-electron chi connectivity index (χ0n) is 12.2. The van der Waals surface area contributed by atoms with E-state index in [1.165, 1.54) is 12.1 Å². The van der Waals surface area contributed by atoms with Crippen LogP contribution in [0.15, 0.2) is 53.4 Å². The second-order valence-corrected chi connectivity index (χ2v) is 6.30. The number of halogens is 3. The summed E-state index contributed by atoms with van der Waals surface area (Å²) in [6.45, 7) is 0.466. The van der Waals surface area contributed by atoms with Gasteiger partial charge in [0.05, 0.1) is 12.2 Å². The Labute approximate surface area is 149 Å². The van der Waals surface area contributed by atoms with E-state index in [0.29, 0.717) is 28.7 Å². The fourth-order valence-electron chi connectivity index (χ4n) is 2.52. The summed E-state index contributed by atoms with van der Waals surface area (Å²) in [5.74, 6) is 0.374. The maximum Gasteiger partial charge on any atom is 0.155 e. The average Bonchev–Trinajstić information content (AvgIpc) is 3.14. The Morgan fingerprint density at radius 1 is 1.21 bits per heavy atom. The van der Waals surface area contributed by atoms with Crippen molar-refractivity contribution in [3.8, 4) is 11.4 Å². The van der Waals surface area contributed by atoms with Gasteiger partial charge in [-0.05, 0) is 40.2 Å². The topological polar surface area (TPSA) is 48.0 Å². The Morgan fingerprint density at radius 3 is 2.92 bits per heavy atom. The smallest absolute Gasteiger partial charge is 0.155 e. The molecule has 0 unspecified atom stereocenters. The van der Waals surface area contributed by atoms with Crippen molar-refractivity contribution in [1.29, 1.82) is 0 Å². The molecule has 0 bridgehead atoms. The molecule has 4 rings (SSSR count). The quantitative estimate of drug-likeness (QED) is 0.512. The molecule has 0 amide bonds. The van der Waals surface area contributed by atoms with Crippen LogP contribution in [-0.2, 0) is 6.54 Å². The number of rotatable bonds is 3. The van der Waals surface area contributed by atoms with Crippen LogP contribution in [-0.4, -0.2) is 24.1 Å². The van der Waals surface area contributed by atoms with E-state index < -0.39 is 0 Å². The summed E-state index contributed by atoms with van der Waals surface area (Å²) in [7, 11) is 0. The summed E-state index contributed by atoms with van der Waals surface area (Å²) in [4.78, 5) is 8.88. The highest BCUT2D eigenvalue weighted by Gasteiger charge is 2.14. The first-order valence-electron chi connectivity index (χ1n) is 7.08. The van der Waals surface area contributed by atoms with Gasteiger partial charge in [-0.15, -0.1) is 0 Å². The lowest BCUT2D eigenvalue weighted by Gasteiger charge is -2.06. The molecule has 1 aromatic carbocycles. The van der Waals surface area contributed by atoms with Gasteiger partial charge in [-0.1, -0.05) is 23.7 Å². The van der Waals surface area contributed by atoms with Crippen molar-refractivity contribution in [2.24, 2.45) is 0 Å². The molecule has 0 radical (unpaired) electrons. The fourth-order valence-corrected chi connectivity index (χ4v) is 3.13. The first-order valence-corrected chi connectivity index (χ1v) is 8.25. The molecule has 0 saturated heterocycles. The minimum atomic E-state index is -0.296. The molecular formula is C16H10BrClFN5. The van der Waals surface area contributed by atoms with Gasteiger partial charge in [-0.25, -0.2) is 18.9 Å². The summed E-state index contributed by atoms with van der Waals surface area (Å²) in [6.07, 6.45) is 3.51. The van der Waals surface area contributed by atoms with Crippen molar-refractivity contribution < 1.29 is 4.39 Å². The van der Waals surface area contributed by atoms with Crippen molar-refractivity contribution in [2.75, 3.05) is 0 Å². The maximum absolute atomic E-state index is 13.5. The third kappa shape index (κ3) is 2.70. The zero-order valence-corrected chi connectivity index (χ0v) is 14.5. The standard InChI is InChI=1S/C16H10BrClFN5/c17-15-12(21-14-5-4-13(18)22-24(14)15)9-23-7-6-20-16(23)10-2-1-3-11(19)8-10/h1-8H,9H2. The molecule has 0 aliphatic rings. The highest BCUT2D eigenvalue weighted by Crippen LogP contribution is 2.23. The highest BCUT2D eigenvalue weighted by atomic mass is 79.9. The molecule has 0 saturated carbocycles. The van der Waals surface area contributed by atoms with Gasteiger partial charge in [0.15, 0.2) is 5.65 Å². The average molecular weight is 407 g/mol. The van der Waals surface area contributed by atoms with Gasteiger partial charge in [-0.3, -0.25) is 0 Å². The van der Waals surface area contributed by atoms with E-state index in [4.69, 9.17) is 11.6 Å². The molecule has 0 atom stereocenters. The van der Waals surface area contributed by atoms with Gasteiger partial charge in [0, 0.05) is 18.0 Å². The third-order valence-corrected chi connectivity index (χ3v) is 4.57. The minimum absolute atomic E-state index is 0.296. The Balaban J connectivity index is 1.75. The molecule has 3 heterocycles. The zero-order chi connectivity index (χ0) is 16.7. The SMILES string of the molecule is Fc1cccc(-c2nccn2Cc2nc3ccc(Cl)nn3c2Br)c1. The van der Waals surface area contributed by atoms with E-state index in [9.17, 15) is 4.39 Å². The van der Waals surface area contributed by atoms with E-state index in [-0.39, 0.29) is 5.82 Å². The monoisotopic (exact) mass is 405 g/mol. The first kappa shape index (κ1) is 15.3. The van der Waals surface area contributed by atoms with Gasteiger partial charge in [0.2, 0.25) is 0 Å². The van der Waals surface area contributed by atoms with Crippen molar-refractivity contribution >= 4 is 33.2 Å². The predicted octanol–water partition coefficient (Wildman–Crippen LogP) is 4.20. The van der Waals surface area contributed by atoms with Gasteiger partial charge in [-0.2, -0.15) is 5.10 Å². The van der Waals surface area contributed by atoms with Crippen molar-refractivity contribution in [2.45, 2.75) is 6.54 Å². The number of benzene rings is 1. The number of nitrogens with zero attached hydrogens (tertiary/aromatic N) is 5. The summed E-state index contributed by atoms with van der Waals surface area (Å²) < 4.78 is 17.7. The molecule has 24 heavy (non-hydrogen) atoms. The fraction of sp³-hybridized carbons (Fsp3) is 0.0625. The molecule has 0 aliphatic heterocycles. The Kier molecular flexibility index (Phi) is 3.82. The normalized spacial score (nSPS) is 11.3. The maximum atomic E-state index is 13.5. The third-order valence-electron chi connectivity index (χ3n) is 3.57. The van der Waals surface area contributed by atoms with Crippen molar-refractivity contribution in [3.63, 3.8) is 0 Å².